The third-order valence-corrected chi connectivity index (χ3v) is 2.03. The van der Waals surface area contributed by atoms with Gasteiger partial charge in [-0.3, -0.25) is 0 Å². The highest BCUT2D eigenvalue weighted by atomic mass is 19.1. The van der Waals surface area contributed by atoms with Gasteiger partial charge in [-0.25, -0.2) is 14.4 Å². The summed E-state index contributed by atoms with van der Waals surface area (Å²) in [6.07, 6.45) is 1.19. The number of hydrogen-bond acceptors (Lipinski definition) is 2. The third-order valence-electron chi connectivity index (χ3n) is 2.03. The molecule has 0 bridgehead atoms. The first-order chi connectivity index (χ1) is 4.52. The van der Waals surface area contributed by atoms with Crippen molar-refractivity contribution in [1.82, 2.24) is 10.0 Å². The summed E-state index contributed by atoms with van der Waals surface area (Å²) in [4.78, 5) is 0. The summed E-state index contributed by atoms with van der Waals surface area (Å²) in [6, 6.07) is 0. The highest BCUT2D eigenvalue weighted by Crippen LogP contribution is 2.19. The predicted molar refractivity (Wildman–Crippen MR) is 39.1 cm³/mol. The van der Waals surface area contributed by atoms with Gasteiger partial charge in [0.1, 0.15) is 0 Å². The molecule has 0 N–H and O–H groups in total. The third kappa shape index (κ3) is 1.47. The van der Waals surface area contributed by atoms with Crippen LogP contribution in [0.2, 0.25) is 0 Å². The molecule has 0 radical (unpaired) electrons. The Balaban J connectivity index is 2.39. The molecule has 1 rings (SSSR count). The second kappa shape index (κ2) is 2.47. The number of rotatable bonds is 2. The molecule has 0 aromatic carbocycles. The fourth-order valence-corrected chi connectivity index (χ4v) is 0.936. The first-order valence-electron chi connectivity index (χ1n) is 3.69. The van der Waals surface area contributed by atoms with Crippen LogP contribution in [-0.2, 0) is 0 Å². The highest BCUT2D eigenvalue weighted by Gasteiger charge is 2.30. The molecular weight excluding hydrogens is 131 g/mol. The van der Waals surface area contributed by atoms with Crippen LogP contribution in [0, 0.1) is 0 Å². The minimum atomic E-state index is -1.21. The van der Waals surface area contributed by atoms with Crippen LogP contribution >= 0.6 is 0 Å². The van der Waals surface area contributed by atoms with Crippen LogP contribution in [0.1, 0.15) is 20.3 Å². The minimum absolute atomic E-state index is 1.00. The molecule has 0 aliphatic carbocycles. The number of halogens is 1. The van der Waals surface area contributed by atoms with Crippen LogP contribution in [-0.4, -0.2) is 35.9 Å². The molecule has 10 heavy (non-hydrogen) atoms. The smallest absolute Gasteiger partial charge is 0.170 e. The fraction of sp³-hybridized carbons (Fsp3) is 1.00. The SMILES string of the molecule is CN(N1CCC1)C(C)(C)F. The molecule has 0 aromatic heterocycles. The quantitative estimate of drug-likeness (QED) is 0.541. The van der Waals surface area contributed by atoms with E-state index in [2.05, 4.69) is 0 Å². The molecule has 1 heterocycles. The van der Waals surface area contributed by atoms with E-state index in [4.69, 9.17) is 0 Å². The van der Waals surface area contributed by atoms with Crippen LogP contribution in [0.3, 0.4) is 0 Å². The Kier molecular flexibility index (Phi) is 1.97. The average molecular weight is 146 g/mol. The summed E-state index contributed by atoms with van der Waals surface area (Å²) in [7, 11) is 1.79. The molecule has 0 aromatic rings. The van der Waals surface area contributed by atoms with Crippen molar-refractivity contribution in [3.05, 3.63) is 0 Å². The van der Waals surface area contributed by atoms with Gasteiger partial charge in [-0.1, -0.05) is 0 Å². The second-order valence-corrected chi connectivity index (χ2v) is 3.24. The van der Waals surface area contributed by atoms with E-state index in [1.165, 1.54) is 6.42 Å². The van der Waals surface area contributed by atoms with Crippen LogP contribution in [0.5, 0.6) is 0 Å². The summed E-state index contributed by atoms with van der Waals surface area (Å²) in [5, 5.41) is 3.68. The van der Waals surface area contributed by atoms with Gasteiger partial charge < -0.3 is 0 Å². The number of hydrogen-bond donors (Lipinski definition) is 0. The maximum Gasteiger partial charge on any atom is 0.170 e. The topological polar surface area (TPSA) is 6.48 Å². The summed E-state index contributed by atoms with van der Waals surface area (Å²) in [5.74, 6) is -1.21. The molecular formula is C7H15FN2. The van der Waals surface area contributed by atoms with Crippen molar-refractivity contribution in [1.29, 1.82) is 0 Å². The van der Waals surface area contributed by atoms with Crippen LogP contribution < -0.4 is 0 Å². The van der Waals surface area contributed by atoms with E-state index in [-0.39, 0.29) is 0 Å². The van der Waals surface area contributed by atoms with Crippen molar-refractivity contribution in [2.75, 3.05) is 20.1 Å². The maximum atomic E-state index is 13.1. The average Bonchev–Trinajstić information content (AvgIpc) is 1.57. The van der Waals surface area contributed by atoms with Crippen molar-refractivity contribution in [2.24, 2.45) is 0 Å². The molecule has 0 spiro atoms. The maximum absolute atomic E-state index is 13.1. The van der Waals surface area contributed by atoms with Crippen LogP contribution in [0.25, 0.3) is 0 Å². The summed E-state index contributed by atoms with van der Waals surface area (Å²) in [6.45, 7) is 5.16. The minimum Gasteiger partial charge on any atom is -0.239 e. The van der Waals surface area contributed by atoms with Gasteiger partial charge in [0.05, 0.1) is 0 Å². The Morgan fingerprint density at radius 1 is 1.40 bits per heavy atom. The van der Waals surface area contributed by atoms with Gasteiger partial charge in [-0.15, -0.1) is 0 Å². The molecule has 0 saturated carbocycles. The zero-order valence-corrected chi connectivity index (χ0v) is 6.89. The Labute approximate surface area is 61.6 Å². The molecule has 1 aliphatic heterocycles. The first-order valence-corrected chi connectivity index (χ1v) is 3.69. The molecule has 1 aliphatic rings. The Hall–Kier alpha value is -0.150. The summed E-state index contributed by atoms with van der Waals surface area (Å²) < 4.78 is 13.1. The molecule has 0 amide bonds. The van der Waals surface area contributed by atoms with Gasteiger partial charge in [-0.05, 0) is 20.3 Å². The Morgan fingerprint density at radius 2 is 1.90 bits per heavy atom. The lowest BCUT2D eigenvalue weighted by atomic mass is 10.2. The molecule has 60 valence electrons. The number of hydrazine groups is 1. The van der Waals surface area contributed by atoms with E-state index in [1.54, 1.807) is 25.9 Å². The predicted octanol–water partition coefficient (Wildman–Crippen LogP) is 1.24. The normalized spacial score (nSPS) is 21.3. The van der Waals surface area contributed by atoms with Gasteiger partial charge in [0, 0.05) is 20.1 Å². The molecule has 0 unspecified atom stereocenters. The molecule has 0 atom stereocenters. The van der Waals surface area contributed by atoms with E-state index in [0.717, 1.165) is 13.1 Å². The molecule has 1 saturated heterocycles. The molecule has 2 nitrogen and oxygen atoms in total. The van der Waals surface area contributed by atoms with Gasteiger partial charge >= 0.3 is 0 Å². The number of alkyl halides is 1. The van der Waals surface area contributed by atoms with E-state index in [1.807, 2.05) is 5.01 Å². The lowest BCUT2D eigenvalue weighted by Crippen LogP contribution is -2.55. The van der Waals surface area contributed by atoms with Crippen LogP contribution in [0.15, 0.2) is 0 Å². The van der Waals surface area contributed by atoms with E-state index >= 15 is 0 Å². The van der Waals surface area contributed by atoms with Crippen molar-refractivity contribution in [3.63, 3.8) is 0 Å². The monoisotopic (exact) mass is 146 g/mol. The second-order valence-electron chi connectivity index (χ2n) is 3.24. The van der Waals surface area contributed by atoms with Crippen LogP contribution in [0.4, 0.5) is 4.39 Å². The van der Waals surface area contributed by atoms with Gasteiger partial charge in [0.15, 0.2) is 5.79 Å². The lowest BCUT2D eigenvalue weighted by molar-refractivity contribution is -0.163. The van der Waals surface area contributed by atoms with Crippen molar-refractivity contribution in [2.45, 2.75) is 26.1 Å². The zero-order valence-electron chi connectivity index (χ0n) is 6.89. The van der Waals surface area contributed by atoms with Gasteiger partial charge in [0.25, 0.3) is 0 Å². The molecule has 1 fully saturated rings. The van der Waals surface area contributed by atoms with Gasteiger partial charge in [0.2, 0.25) is 0 Å². The standard InChI is InChI=1S/C7H15FN2/c1-7(2,8)9(3)10-5-4-6-10/h4-6H2,1-3H3. The lowest BCUT2D eigenvalue weighted by Gasteiger charge is -2.43. The Bertz CT molecular complexity index is 115. The van der Waals surface area contributed by atoms with E-state index in [9.17, 15) is 4.39 Å². The summed E-state index contributed by atoms with van der Waals surface area (Å²) >= 11 is 0. The highest BCUT2D eigenvalue weighted by molar-refractivity contribution is 4.71. The zero-order chi connectivity index (χ0) is 7.78. The summed E-state index contributed by atoms with van der Waals surface area (Å²) in [5.41, 5.74) is 0. The molecule has 3 heteroatoms. The Morgan fingerprint density at radius 3 is 2.00 bits per heavy atom. The number of nitrogens with zero attached hydrogens (tertiary/aromatic N) is 2. The fourth-order valence-electron chi connectivity index (χ4n) is 0.936. The van der Waals surface area contributed by atoms with Crippen molar-refractivity contribution >= 4 is 0 Å². The van der Waals surface area contributed by atoms with Crippen molar-refractivity contribution < 1.29 is 4.39 Å². The van der Waals surface area contributed by atoms with E-state index in [0.29, 0.717) is 0 Å². The largest absolute Gasteiger partial charge is 0.239 e. The van der Waals surface area contributed by atoms with Crippen molar-refractivity contribution in [3.8, 4) is 0 Å². The van der Waals surface area contributed by atoms with E-state index < -0.39 is 5.79 Å². The van der Waals surface area contributed by atoms with Gasteiger partial charge in [-0.2, -0.15) is 0 Å². The first kappa shape index (κ1) is 7.95.